The van der Waals surface area contributed by atoms with E-state index in [0.29, 0.717) is 31.6 Å². The summed E-state index contributed by atoms with van der Waals surface area (Å²) in [4.78, 5) is 27.6. The normalized spacial score (nSPS) is 18.7. The lowest BCUT2D eigenvalue weighted by Gasteiger charge is -2.22. The number of rotatable bonds is 4. The number of halogens is 3. The Morgan fingerprint density at radius 3 is 2.50 bits per heavy atom. The Morgan fingerprint density at radius 1 is 1.08 bits per heavy atom. The smallest absolute Gasteiger partial charge is 0.227 e. The van der Waals surface area contributed by atoms with Gasteiger partial charge in [0.15, 0.2) is 11.6 Å². The number of amides is 2. The fraction of sp³-hybridized carbons (Fsp3) is 0.529. The van der Waals surface area contributed by atoms with E-state index in [0.717, 1.165) is 18.9 Å². The zero-order valence-electron chi connectivity index (χ0n) is 13.2. The molecular weight excluding hydrogens is 321 g/mol. The summed E-state index contributed by atoms with van der Waals surface area (Å²) in [6, 6.07) is 1.50. The second kappa shape index (κ2) is 6.83. The van der Waals surface area contributed by atoms with Crippen LogP contribution in [0.15, 0.2) is 12.1 Å². The van der Waals surface area contributed by atoms with Gasteiger partial charge in [0.05, 0.1) is 6.42 Å². The third-order valence-corrected chi connectivity index (χ3v) is 4.58. The summed E-state index contributed by atoms with van der Waals surface area (Å²) in [6.45, 7) is 1.69. The van der Waals surface area contributed by atoms with E-state index in [1.54, 1.807) is 4.90 Å². The van der Waals surface area contributed by atoms with E-state index in [2.05, 4.69) is 0 Å². The molecular formula is C17H19F3N2O2. The molecule has 1 aromatic carbocycles. The number of carbonyl (C=O) groups excluding carboxylic acids is 2. The third-order valence-electron chi connectivity index (χ3n) is 4.58. The van der Waals surface area contributed by atoms with E-state index in [-0.39, 0.29) is 18.9 Å². The largest absolute Gasteiger partial charge is 0.341 e. The molecule has 1 saturated carbocycles. The minimum atomic E-state index is -1.33. The molecule has 2 fully saturated rings. The summed E-state index contributed by atoms with van der Waals surface area (Å²) in [6.07, 6.45) is 1.91. The summed E-state index contributed by atoms with van der Waals surface area (Å²) in [5.74, 6) is -3.39. The minimum Gasteiger partial charge on any atom is -0.341 e. The first kappa shape index (κ1) is 16.8. The van der Waals surface area contributed by atoms with Gasteiger partial charge in [0.1, 0.15) is 5.82 Å². The number of nitrogens with zero attached hydrogens (tertiary/aromatic N) is 2. The average Bonchev–Trinajstić information content (AvgIpc) is 3.38. The van der Waals surface area contributed by atoms with Gasteiger partial charge in [0.2, 0.25) is 11.8 Å². The number of carbonyl (C=O) groups is 2. The van der Waals surface area contributed by atoms with Gasteiger partial charge in [-0.2, -0.15) is 0 Å². The van der Waals surface area contributed by atoms with Crippen LogP contribution in [0.3, 0.4) is 0 Å². The van der Waals surface area contributed by atoms with Gasteiger partial charge in [-0.05, 0) is 30.9 Å². The van der Waals surface area contributed by atoms with Crippen molar-refractivity contribution < 1.29 is 22.8 Å². The van der Waals surface area contributed by atoms with Crippen molar-refractivity contribution in [2.24, 2.45) is 5.92 Å². The fourth-order valence-corrected chi connectivity index (χ4v) is 2.92. The van der Waals surface area contributed by atoms with E-state index in [9.17, 15) is 22.8 Å². The molecule has 4 nitrogen and oxygen atoms in total. The quantitative estimate of drug-likeness (QED) is 0.788. The van der Waals surface area contributed by atoms with Crippen molar-refractivity contribution in [1.29, 1.82) is 0 Å². The zero-order chi connectivity index (χ0) is 17.3. The molecule has 0 unspecified atom stereocenters. The lowest BCUT2D eigenvalue weighted by molar-refractivity contribution is -0.130. The van der Waals surface area contributed by atoms with Crippen LogP contribution in [0.4, 0.5) is 13.2 Å². The van der Waals surface area contributed by atoms with Gasteiger partial charge in [0, 0.05) is 38.2 Å². The highest BCUT2D eigenvalue weighted by atomic mass is 19.2. The van der Waals surface area contributed by atoms with Crippen LogP contribution in [-0.2, 0) is 16.0 Å². The Hall–Kier alpha value is -2.05. The first-order valence-electron chi connectivity index (χ1n) is 8.13. The Bertz CT molecular complexity index is 661. The van der Waals surface area contributed by atoms with Crippen LogP contribution in [0.25, 0.3) is 0 Å². The molecule has 2 aliphatic rings. The van der Waals surface area contributed by atoms with Crippen LogP contribution in [0.1, 0.15) is 24.8 Å². The van der Waals surface area contributed by atoms with Crippen LogP contribution < -0.4 is 0 Å². The van der Waals surface area contributed by atoms with Crippen LogP contribution in [0, 0.1) is 23.4 Å². The van der Waals surface area contributed by atoms with Gasteiger partial charge < -0.3 is 9.80 Å². The molecule has 24 heavy (non-hydrogen) atoms. The van der Waals surface area contributed by atoms with Crippen LogP contribution in [0.2, 0.25) is 0 Å². The third kappa shape index (κ3) is 3.71. The maximum Gasteiger partial charge on any atom is 0.227 e. The van der Waals surface area contributed by atoms with Crippen molar-refractivity contribution in [2.75, 3.05) is 26.2 Å². The Balaban J connectivity index is 1.65. The van der Waals surface area contributed by atoms with Gasteiger partial charge in [-0.3, -0.25) is 9.59 Å². The standard InChI is InChI=1S/C17H19F3N2O2/c18-13-3-4-14(19)17(20)12(13)9-16(24)21-6-5-15(23)22(8-7-21)10-11-1-2-11/h3-4,11H,1-2,5-10H2. The molecule has 0 N–H and O–H groups in total. The van der Waals surface area contributed by atoms with Gasteiger partial charge in [0.25, 0.3) is 0 Å². The van der Waals surface area contributed by atoms with E-state index in [1.165, 1.54) is 4.90 Å². The highest BCUT2D eigenvalue weighted by Gasteiger charge is 2.30. The molecule has 0 spiro atoms. The molecule has 0 bridgehead atoms. The zero-order valence-corrected chi connectivity index (χ0v) is 13.2. The summed E-state index contributed by atoms with van der Waals surface area (Å²) in [5.41, 5.74) is -0.564. The van der Waals surface area contributed by atoms with Crippen molar-refractivity contribution in [3.05, 3.63) is 35.1 Å². The van der Waals surface area contributed by atoms with E-state index in [4.69, 9.17) is 0 Å². The van der Waals surface area contributed by atoms with Crippen molar-refractivity contribution in [3.63, 3.8) is 0 Å². The van der Waals surface area contributed by atoms with Crippen molar-refractivity contribution in [2.45, 2.75) is 25.7 Å². The van der Waals surface area contributed by atoms with Crippen molar-refractivity contribution in [1.82, 2.24) is 9.80 Å². The SMILES string of the molecule is O=C(Cc1c(F)ccc(F)c1F)N1CCC(=O)N(CC2CC2)CC1. The molecule has 7 heteroatoms. The second-order valence-electron chi connectivity index (χ2n) is 6.41. The monoisotopic (exact) mass is 340 g/mol. The number of benzene rings is 1. The molecule has 1 aliphatic carbocycles. The highest BCUT2D eigenvalue weighted by molar-refractivity contribution is 5.81. The van der Waals surface area contributed by atoms with Gasteiger partial charge in [-0.15, -0.1) is 0 Å². The molecule has 0 atom stereocenters. The van der Waals surface area contributed by atoms with Gasteiger partial charge >= 0.3 is 0 Å². The van der Waals surface area contributed by atoms with Gasteiger partial charge in [-0.1, -0.05) is 0 Å². The van der Waals surface area contributed by atoms with Gasteiger partial charge in [-0.25, -0.2) is 13.2 Å². The molecule has 2 amide bonds. The fourth-order valence-electron chi connectivity index (χ4n) is 2.92. The summed E-state index contributed by atoms with van der Waals surface area (Å²) in [7, 11) is 0. The predicted molar refractivity (Wildman–Crippen MR) is 80.5 cm³/mol. The summed E-state index contributed by atoms with van der Waals surface area (Å²) >= 11 is 0. The topological polar surface area (TPSA) is 40.6 Å². The van der Waals surface area contributed by atoms with E-state index >= 15 is 0 Å². The highest BCUT2D eigenvalue weighted by Crippen LogP contribution is 2.30. The molecule has 1 heterocycles. The summed E-state index contributed by atoms with van der Waals surface area (Å²) < 4.78 is 40.6. The molecule has 130 valence electrons. The van der Waals surface area contributed by atoms with E-state index in [1.807, 2.05) is 0 Å². The predicted octanol–water partition coefficient (Wildman–Crippen LogP) is 2.12. The Kier molecular flexibility index (Phi) is 4.78. The molecule has 0 aromatic heterocycles. The lowest BCUT2D eigenvalue weighted by Crippen LogP contribution is -2.37. The molecule has 1 aromatic rings. The lowest BCUT2D eigenvalue weighted by atomic mass is 10.1. The van der Waals surface area contributed by atoms with Crippen molar-refractivity contribution in [3.8, 4) is 0 Å². The van der Waals surface area contributed by atoms with E-state index < -0.39 is 35.3 Å². The Labute approximate surface area is 138 Å². The Morgan fingerprint density at radius 2 is 1.79 bits per heavy atom. The second-order valence-corrected chi connectivity index (χ2v) is 6.41. The molecule has 0 radical (unpaired) electrons. The minimum absolute atomic E-state index is 0.000293. The van der Waals surface area contributed by atoms with Crippen molar-refractivity contribution >= 4 is 11.8 Å². The average molecular weight is 340 g/mol. The number of hydrogen-bond donors (Lipinski definition) is 0. The van der Waals surface area contributed by atoms with Crippen LogP contribution in [0.5, 0.6) is 0 Å². The van der Waals surface area contributed by atoms with Crippen LogP contribution in [-0.4, -0.2) is 47.8 Å². The molecule has 1 aliphatic heterocycles. The van der Waals surface area contributed by atoms with Crippen LogP contribution >= 0.6 is 0 Å². The first-order chi connectivity index (χ1) is 11.5. The maximum atomic E-state index is 13.7. The maximum absolute atomic E-state index is 13.7. The molecule has 1 saturated heterocycles. The number of hydrogen-bond acceptors (Lipinski definition) is 2. The first-order valence-corrected chi connectivity index (χ1v) is 8.13. The summed E-state index contributed by atoms with van der Waals surface area (Å²) in [5, 5.41) is 0. The molecule has 3 rings (SSSR count).